The SMILES string of the molecule is Cc1nc2c3ccccc3nc(N3CCCN(S(=O)(=O)c4c(C)noc4C)CC3)n2n1. The zero-order chi connectivity index (χ0) is 21.8. The molecule has 1 fully saturated rings. The highest BCUT2D eigenvalue weighted by atomic mass is 32.2. The molecule has 4 heterocycles. The molecule has 0 spiro atoms. The van der Waals surface area contributed by atoms with E-state index in [0.29, 0.717) is 55.8 Å². The van der Waals surface area contributed by atoms with Gasteiger partial charge >= 0.3 is 0 Å². The first-order valence-electron chi connectivity index (χ1n) is 10.2. The van der Waals surface area contributed by atoms with E-state index in [-0.39, 0.29) is 4.90 Å². The van der Waals surface area contributed by atoms with Crippen molar-refractivity contribution in [3.63, 3.8) is 0 Å². The minimum atomic E-state index is -3.69. The average Bonchev–Trinajstić information content (AvgIpc) is 3.18. The summed E-state index contributed by atoms with van der Waals surface area (Å²) in [6.45, 7) is 7.02. The first-order valence-corrected chi connectivity index (χ1v) is 11.6. The smallest absolute Gasteiger partial charge is 0.248 e. The number of aryl methyl sites for hydroxylation is 3. The van der Waals surface area contributed by atoms with E-state index in [0.717, 1.165) is 16.6 Å². The van der Waals surface area contributed by atoms with Crippen LogP contribution >= 0.6 is 0 Å². The summed E-state index contributed by atoms with van der Waals surface area (Å²) in [6, 6.07) is 7.83. The predicted molar refractivity (Wildman–Crippen MR) is 115 cm³/mol. The molecule has 3 aromatic heterocycles. The maximum absolute atomic E-state index is 13.2. The van der Waals surface area contributed by atoms with Gasteiger partial charge in [0.2, 0.25) is 16.0 Å². The molecular weight excluding hydrogens is 418 g/mol. The van der Waals surface area contributed by atoms with Crippen molar-refractivity contribution in [3.05, 3.63) is 41.5 Å². The lowest BCUT2D eigenvalue weighted by molar-refractivity contribution is 0.389. The van der Waals surface area contributed by atoms with Crippen LogP contribution in [0.4, 0.5) is 5.95 Å². The molecule has 0 atom stereocenters. The monoisotopic (exact) mass is 441 g/mol. The molecular formula is C20H23N7O3S. The summed E-state index contributed by atoms with van der Waals surface area (Å²) in [5, 5.41) is 9.29. The number of sulfonamides is 1. The van der Waals surface area contributed by atoms with Gasteiger partial charge in [-0.2, -0.15) is 8.82 Å². The van der Waals surface area contributed by atoms with Gasteiger partial charge in [0.1, 0.15) is 16.4 Å². The molecule has 0 unspecified atom stereocenters. The van der Waals surface area contributed by atoms with E-state index in [4.69, 9.17) is 9.51 Å². The number of aromatic nitrogens is 5. The molecule has 162 valence electrons. The van der Waals surface area contributed by atoms with E-state index in [1.165, 1.54) is 4.31 Å². The number of hydrogen-bond acceptors (Lipinski definition) is 8. The number of fused-ring (bicyclic) bond motifs is 3. The predicted octanol–water partition coefficient (Wildman–Crippen LogP) is 2.09. The molecule has 0 bridgehead atoms. The highest BCUT2D eigenvalue weighted by Crippen LogP contribution is 2.26. The molecule has 10 nitrogen and oxygen atoms in total. The van der Waals surface area contributed by atoms with Gasteiger partial charge in [-0.3, -0.25) is 0 Å². The van der Waals surface area contributed by atoms with Gasteiger partial charge < -0.3 is 9.42 Å². The Morgan fingerprint density at radius 2 is 1.81 bits per heavy atom. The topological polar surface area (TPSA) is 110 Å². The highest BCUT2D eigenvalue weighted by molar-refractivity contribution is 7.89. The third kappa shape index (κ3) is 3.24. The second kappa shape index (κ2) is 7.27. The molecule has 1 aromatic carbocycles. The van der Waals surface area contributed by atoms with Crippen molar-refractivity contribution in [2.45, 2.75) is 32.1 Å². The van der Waals surface area contributed by atoms with Crippen LogP contribution in [-0.2, 0) is 10.0 Å². The van der Waals surface area contributed by atoms with Crippen LogP contribution in [0.15, 0.2) is 33.7 Å². The van der Waals surface area contributed by atoms with Crippen molar-refractivity contribution >= 4 is 32.5 Å². The van der Waals surface area contributed by atoms with E-state index in [9.17, 15) is 8.42 Å². The van der Waals surface area contributed by atoms with Gasteiger partial charge in [0, 0.05) is 31.6 Å². The molecule has 1 saturated heterocycles. The largest absolute Gasteiger partial charge is 0.360 e. The quantitative estimate of drug-likeness (QED) is 0.475. The van der Waals surface area contributed by atoms with Crippen molar-refractivity contribution in [3.8, 4) is 0 Å². The maximum atomic E-state index is 13.2. The number of hydrogen-bond donors (Lipinski definition) is 0. The zero-order valence-corrected chi connectivity index (χ0v) is 18.4. The lowest BCUT2D eigenvalue weighted by Gasteiger charge is -2.23. The molecule has 0 aliphatic carbocycles. The minimum Gasteiger partial charge on any atom is -0.360 e. The van der Waals surface area contributed by atoms with Crippen molar-refractivity contribution in [1.82, 2.24) is 29.0 Å². The first kappa shape index (κ1) is 19.9. The lowest BCUT2D eigenvalue weighted by atomic mass is 10.2. The van der Waals surface area contributed by atoms with Gasteiger partial charge in [0.15, 0.2) is 11.4 Å². The summed E-state index contributed by atoms with van der Waals surface area (Å²) in [5.41, 5.74) is 1.97. The molecule has 0 saturated carbocycles. The molecule has 0 radical (unpaired) electrons. The Hall–Kier alpha value is -3.05. The normalized spacial score (nSPS) is 16.3. The second-order valence-corrected chi connectivity index (χ2v) is 9.60. The highest BCUT2D eigenvalue weighted by Gasteiger charge is 2.33. The number of anilines is 1. The molecule has 0 amide bonds. The summed E-state index contributed by atoms with van der Waals surface area (Å²) >= 11 is 0. The summed E-state index contributed by atoms with van der Waals surface area (Å²) in [4.78, 5) is 11.7. The van der Waals surface area contributed by atoms with E-state index < -0.39 is 10.0 Å². The number of rotatable bonds is 3. The van der Waals surface area contributed by atoms with Gasteiger partial charge in [-0.15, -0.1) is 5.10 Å². The Morgan fingerprint density at radius 1 is 1.00 bits per heavy atom. The molecule has 0 N–H and O–H groups in total. The Morgan fingerprint density at radius 3 is 2.58 bits per heavy atom. The Balaban J connectivity index is 1.50. The van der Waals surface area contributed by atoms with E-state index in [2.05, 4.69) is 20.1 Å². The van der Waals surface area contributed by atoms with Crippen molar-refractivity contribution in [2.75, 3.05) is 31.1 Å². The zero-order valence-electron chi connectivity index (χ0n) is 17.6. The van der Waals surface area contributed by atoms with Gasteiger partial charge in [0.25, 0.3) is 0 Å². The minimum absolute atomic E-state index is 0.166. The van der Waals surface area contributed by atoms with Crippen molar-refractivity contribution in [1.29, 1.82) is 0 Å². The van der Waals surface area contributed by atoms with Crippen molar-refractivity contribution < 1.29 is 12.9 Å². The van der Waals surface area contributed by atoms with E-state index in [1.807, 2.05) is 31.2 Å². The maximum Gasteiger partial charge on any atom is 0.248 e. The van der Waals surface area contributed by atoms with Crippen LogP contribution in [0.3, 0.4) is 0 Å². The molecule has 11 heteroatoms. The van der Waals surface area contributed by atoms with E-state index >= 15 is 0 Å². The Labute approximate surface area is 179 Å². The lowest BCUT2D eigenvalue weighted by Crippen LogP contribution is -2.36. The van der Waals surface area contributed by atoms with Crippen LogP contribution in [0.2, 0.25) is 0 Å². The summed E-state index contributed by atoms with van der Waals surface area (Å²) in [7, 11) is -3.69. The third-order valence-corrected chi connectivity index (χ3v) is 7.72. The molecule has 31 heavy (non-hydrogen) atoms. The van der Waals surface area contributed by atoms with Crippen LogP contribution in [0, 0.1) is 20.8 Å². The Kier molecular flexibility index (Phi) is 4.67. The fourth-order valence-corrected chi connectivity index (χ4v) is 5.92. The standard InChI is InChI=1S/C20H23N7O3S/c1-13-18(14(2)30-24-13)31(28,29)26-10-6-9-25(11-12-26)20-22-17-8-5-4-7-16(17)19-21-15(3)23-27(19)20/h4-5,7-8H,6,9-12H2,1-3H3. The van der Waals surface area contributed by atoms with Gasteiger partial charge in [-0.1, -0.05) is 17.3 Å². The van der Waals surface area contributed by atoms with Crippen LogP contribution in [0.1, 0.15) is 23.7 Å². The summed E-state index contributed by atoms with van der Waals surface area (Å²) < 4.78 is 34.8. The molecule has 4 aromatic rings. The molecule has 1 aliphatic heterocycles. The Bertz CT molecular complexity index is 1370. The van der Waals surface area contributed by atoms with Crippen LogP contribution in [-0.4, -0.2) is 63.6 Å². The van der Waals surface area contributed by atoms with Crippen LogP contribution in [0.25, 0.3) is 16.6 Å². The number of nitrogens with zero attached hydrogens (tertiary/aromatic N) is 7. The fourth-order valence-electron chi connectivity index (χ4n) is 4.15. The number of benzene rings is 1. The third-order valence-electron chi connectivity index (χ3n) is 5.57. The van der Waals surface area contributed by atoms with Crippen LogP contribution < -0.4 is 4.90 Å². The summed E-state index contributed by atoms with van der Waals surface area (Å²) in [5.74, 6) is 1.65. The van der Waals surface area contributed by atoms with Crippen molar-refractivity contribution in [2.24, 2.45) is 0 Å². The molecule has 1 aliphatic rings. The number of para-hydroxylation sites is 1. The van der Waals surface area contributed by atoms with Gasteiger partial charge in [-0.25, -0.2) is 18.4 Å². The average molecular weight is 442 g/mol. The van der Waals surface area contributed by atoms with Crippen LogP contribution in [0.5, 0.6) is 0 Å². The van der Waals surface area contributed by atoms with E-state index in [1.54, 1.807) is 18.4 Å². The fraction of sp³-hybridized carbons (Fsp3) is 0.400. The summed E-state index contributed by atoms with van der Waals surface area (Å²) in [6.07, 6.45) is 0.659. The van der Waals surface area contributed by atoms with Gasteiger partial charge in [-0.05, 0) is 39.3 Å². The first-order chi connectivity index (χ1) is 14.9. The second-order valence-electron chi connectivity index (χ2n) is 7.72. The van der Waals surface area contributed by atoms with Gasteiger partial charge in [0.05, 0.1) is 5.52 Å². The molecule has 5 rings (SSSR count).